The Labute approximate surface area is 219 Å². The van der Waals surface area contributed by atoms with Crippen molar-refractivity contribution in [1.82, 2.24) is 19.9 Å². The molecule has 2 N–H and O–H groups in total. The summed E-state index contributed by atoms with van der Waals surface area (Å²) in [6.45, 7) is 12.4. The normalized spacial score (nSPS) is 14.1. The molecule has 0 saturated carbocycles. The van der Waals surface area contributed by atoms with Gasteiger partial charge in [0.15, 0.2) is 0 Å². The summed E-state index contributed by atoms with van der Waals surface area (Å²) in [4.78, 5) is 22.9. The molecule has 2 aromatic heterocycles. The van der Waals surface area contributed by atoms with Gasteiger partial charge in [0.25, 0.3) is 0 Å². The lowest BCUT2D eigenvalue weighted by atomic mass is 10.1. The summed E-state index contributed by atoms with van der Waals surface area (Å²) >= 11 is 0. The second kappa shape index (κ2) is 11.6. The van der Waals surface area contributed by atoms with E-state index in [0.717, 1.165) is 92.0 Å². The van der Waals surface area contributed by atoms with Gasteiger partial charge >= 0.3 is 0 Å². The van der Waals surface area contributed by atoms with Gasteiger partial charge in [0.05, 0.1) is 11.0 Å². The lowest BCUT2D eigenvalue weighted by Crippen LogP contribution is -2.46. The molecule has 8 heteroatoms. The quantitative estimate of drug-likeness (QED) is 0.275. The Bertz CT molecular complexity index is 1330. The SMILES string of the molecule is CCCCNc1ncnc2cc(N3CCN(c4ccc5c(NCCC(C)C)ncnc5c4)CC3)ccc12. The lowest BCUT2D eigenvalue weighted by molar-refractivity contribution is 0.607. The third kappa shape index (κ3) is 5.84. The first-order valence-electron chi connectivity index (χ1n) is 13.6. The number of hydrogen-bond acceptors (Lipinski definition) is 8. The lowest BCUT2D eigenvalue weighted by Gasteiger charge is -2.37. The van der Waals surface area contributed by atoms with E-state index < -0.39 is 0 Å². The fraction of sp³-hybridized carbons (Fsp3) is 0.448. The van der Waals surface area contributed by atoms with Gasteiger partial charge in [-0.05, 0) is 55.2 Å². The molecule has 0 unspecified atom stereocenters. The van der Waals surface area contributed by atoms with Crippen molar-refractivity contribution in [3.05, 3.63) is 49.1 Å². The average Bonchev–Trinajstić information content (AvgIpc) is 2.93. The molecule has 3 heterocycles. The van der Waals surface area contributed by atoms with Crippen molar-refractivity contribution in [2.45, 2.75) is 40.0 Å². The van der Waals surface area contributed by atoms with E-state index >= 15 is 0 Å². The summed E-state index contributed by atoms with van der Waals surface area (Å²) in [6.07, 6.45) is 6.74. The Morgan fingerprint density at radius 3 is 1.73 bits per heavy atom. The largest absolute Gasteiger partial charge is 0.369 e. The number of unbranched alkanes of at least 4 members (excludes halogenated alkanes) is 1. The Balaban J connectivity index is 1.25. The molecular weight excluding hydrogens is 460 g/mol. The van der Waals surface area contributed by atoms with E-state index in [1.165, 1.54) is 11.4 Å². The number of fused-ring (bicyclic) bond motifs is 2. The first-order valence-corrected chi connectivity index (χ1v) is 13.6. The molecule has 37 heavy (non-hydrogen) atoms. The minimum atomic E-state index is 0.666. The van der Waals surface area contributed by atoms with E-state index in [2.05, 4.69) is 97.5 Å². The van der Waals surface area contributed by atoms with E-state index in [4.69, 9.17) is 0 Å². The van der Waals surface area contributed by atoms with Gasteiger partial charge in [-0.3, -0.25) is 0 Å². The van der Waals surface area contributed by atoms with Gasteiger partial charge in [-0.1, -0.05) is 27.2 Å². The van der Waals surface area contributed by atoms with Gasteiger partial charge in [-0.25, -0.2) is 19.9 Å². The maximum atomic E-state index is 4.56. The molecule has 0 radical (unpaired) electrons. The zero-order valence-electron chi connectivity index (χ0n) is 22.2. The van der Waals surface area contributed by atoms with Crippen LogP contribution in [0.15, 0.2) is 49.1 Å². The third-order valence-corrected chi connectivity index (χ3v) is 7.09. The van der Waals surface area contributed by atoms with Gasteiger partial charge in [0, 0.05) is 61.4 Å². The van der Waals surface area contributed by atoms with Crippen molar-refractivity contribution in [1.29, 1.82) is 0 Å². The van der Waals surface area contributed by atoms with Crippen molar-refractivity contribution in [3.63, 3.8) is 0 Å². The number of benzene rings is 2. The predicted molar refractivity (Wildman–Crippen MR) is 155 cm³/mol. The first-order chi connectivity index (χ1) is 18.1. The van der Waals surface area contributed by atoms with E-state index in [9.17, 15) is 0 Å². The predicted octanol–water partition coefficient (Wildman–Crippen LogP) is 5.57. The van der Waals surface area contributed by atoms with Crippen LogP contribution in [0.1, 0.15) is 40.0 Å². The molecule has 1 aliphatic heterocycles. The summed E-state index contributed by atoms with van der Waals surface area (Å²) < 4.78 is 0. The maximum absolute atomic E-state index is 4.56. The zero-order valence-corrected chi connectivity index (χ0v) is 22.2. The summed E-state index contributed by atoms with van der Waals surface area (Å²) in [7, 11) is 0. The fourth-order valence-electron chi connectivity index (χ4n) is 4.85. The van der Waals surface area contributed by atoms with Crippen LogP contribution in [0, 0.1) is 5.92 Å². The van der Waals surface area contributed by atoms with Gasteiger partial charge < -0.3 is 20.4 Å². The second-order valence-electron chi connectivity index (χ2n) is 10.2. The molecule has 2 aromatic carbocycles. The van der Waals surface area contributed by atoms with Crippen molar-refractivity contribution < 1.29 is 0 Å². The van der Waals surface area contributed by atoms with E-state index in [0.29, 0.717) is 5.92 Å². The molecule has 5 rings (SSSR count). The van der Waals surface area contributed by atoms with Gasteiger partial charge in [-0.15, -0.1) is 0 Å². The number of piperazine rings is 1. The van der Waals surface area contributed by atoms with Crippen LogP contribution in [-0.2, 0) is 0 Å². The van der Waals surface area contributed by atoms with Crippen LogP contribution >= 0.6 is 0 Å². The molecule has 4 aromatic rings. The first kappa shape index (κ1) is 25.0. The van der Waals surface area contributed by atoms with E-state index in [1.807, 2.05) is 0 Å². The van der Waals surface area contributed by atoms with Crippen LogP contribution in [0.3, 0.4) is 0 Å². The molecule has 0 atom stereocenters. The highest BCUT2D eigenvalue weighted by molar-refractivity contribution is 5.92. The van der Waals surface area contributed by atoms with Crippen molar-refractivity contribution in [2.24, 2.45) is 5.92 Å². The summed E-state index contributed by atoms with van der Waals surface area (Å²) in [5.41, 5.74) is 4.40. The fourth-order valence-corrected chi connectivity index (χ4v) is 4.85. The van der Waals surface area contributed by atoms with Crippen LogP contribution in [0.25, 0.3) is 21.8 Å². The molecular formula is C29H38N8. The highest BCUT2D eigenvalue weighted by Crippen LogP contribution is 2.28. The molecule has 0 aliphatic carbocycles. The summed E-state index contributed by atoms with van der Waals surface area (Å²) in [5, 5.41) is 9.10. The average molecular weight is 499 g/mol. The van der Waals surface area contributed by atoms with Crippen LogP contribution in [0.5, 0.6) is 0 Å². The van der Waals surface area contributed by atoms with Gasteiger partial charge in [0.2, 0.25) is 0 Å². The minimum absolute atomic E-state index is 0.666. The molecule has 1 aliphatic rings. The maximum Gasteiger partial charge on any atom is 0.137 e. The number of nitrogens with zero attached hydrogens (tertiary/aromatic N) is 6. The highest BCUT2D eigenvalue weighted by Gasteiger charge is 2.19. The molecule has 194 valence electrons. The van der Waals surface area contributed by atoms with E-state index in [-0.39, 0.29) is 0 Å². The molecule has 1 saturated heterocycles. The topological polar surface area (TPSA) is 82.1 Å². The molecule has 0 amide bonds. The molecule has 0 spiro atoms. The zero-order chi connectivity index (χ0) is 25.6. The van der Waals surface area contributed by atoms with Crippen LogP contribution in [0.4, 0.5) is 23.0 Å². The molecule has 8 nitrogen and oxygen atoms in total. The monoisotopic (exact) mass is 498 g/mol. The third-order valence-electron chi connectivity index (χ3n) is 7.09. The highest BCUT2D eigenvalue weighted by atomic mass is 15.3. The number of hydrogen-bond donors (Lipinski definition) is 2. The number of nitrogens with one attached hydrogen (secondary N) is 2. The van der Waals surface area contributed by atoms with Crippen molar-refractivity contribution in [2.75, 3.05) is 59.7 Å². The van der Waals surface area contributed by atoms with Gasteiger partial charge in [-0.2, -0.15) is 0 Å². The number of anilines is 4. The van der Waals surface area contributed by atoms with Crippen LogP contribution in [-0.4, -0.2) is 59.2 Å². The minimum Gasteiger partial charge on any atom is -0.369 e. The Kier molecular flexibility index (Phi) is 7.82. The number of aromatic nitrogens is 4. The Morgan fingerprint density at radius 1 is 0.730 bits per heavy atom. The Morgan fingerprint density at radius 2 is 1.24 bits per heavy atom. The summed E-state index contributed by atoms with van der Waals surface area (Å²) in [5.74, 6) is 2.51. The second-order valence-corrected chi connectivity index (χ2v) is 10.2. The van der Waals surface area contributed by atoms with Crippen molar-refractivity contribution in [3.8, 4) is 0 Å². The summed E-state index contributed by atoms with van der Waals surface area (Å²) in [6, 6.07) is 13.1. The molecule has 0 bridgehead atoms. The van der Waals surface area contributed by atoms with Crippen molar-refractivity contribution >= 4 is 44.8 Å². The molecule has 1 fully saturated rings. The van der Waals surface area contributed by atoms with Gasteiger partial charge in [0.1, 0.15) is 24.3 Å². The number of rotatable bonds is 10. The standard InChI is InChI=1S/C29H38N8/c1-4-5-11-30-28-24-8-6-22(17-26(24)32-19-34-28)36-13-15-37(16-14-36)23-7-9-25-27(18-23)33-20-35-29(25)31-12-10-21(2)3/h6-9,17-21H,4-5,10-16H2,1-3H3,(H,30,32,34)(H,31,33,35). The smallest absolute Gasteiger partial charge is 0.137 e. The Hall–Kier alpha value is -3.68. The van der Waals surface area contributed by atoms with E-state index in [1.54, 1.807) is 12.7 Å². The van der Waals surface area contributed by atoms with Crippen LogP contribution < -0.4 is 20.4 Å². The van der Waals surface area contributed by atoms with Crippen LogP contribution in [0.2, 0.25) is 0 Å².